The number of nitrogens with two attached hydrogens (primary N) is 1. The van der Waals surface area contributed by atoms with E-state index < -0.39 is 5.82 Å². The molecule has 2 rings (SSSR count). The van der Waals surface area contributed by atoms with Crippen molar-refractivity contribution in [1.82, 2.24) is 15.0 Å². The molecule has 0 aliphatic carbocycles. The molecule has 2 heterocycles. The molecule has 0 saturated heterocycles. The normalized spacial score (nSPS) is 10.4. The number of ether oxygens (including phenoxy) is 1. The van der Waals surface area contributed by atoms with Gasteiger partial charge in [-0.1, -0.05) is 0 Å². The minimum atomic E-state index is -0.616. The Bertz CT molecular complexity index is 533. The number of thiazole rings is 1. The number of nitrogens with zero attached hydrogens (tertiary/aromatic N) is 3. The van der Waals surface area contributed by atoms with Crippen LogP contribution < -0.4 is 16.0 Å². The quantitative estimate of drug-likeness (QED) is 0.628. The Kier molecular flexibility index (Phi) is 4.00. The molecule has 0 saturated carbocycles. The molecule has 0 unspecified atom stereocenters. The molecule has 2 aromatic rings. The Morgan fingerprint density at radius 2 is 2.33 bits per heavy atom. The van der Waals surface area contributed by atoms with Crippen molar-refractivity contribution >= 4 is 17.3 Å². The maximum absolute atomic E-state index is 13.3. The fraction of sp³-hybridized carbons (Fsp3) is 0.300. The highest BCUT2D eigenvalue weighted by Gasteiger charge is 2.08. The number of hydrazine groups is 1. The molecule has 0 fully saturated rings. The summed E-state index contributed by atoms with van der Waals surface area (Å²) in [6.45, 7) is 2.24. The maximum atomic E-state index is 13.3. The van der Waals surface area contributed by atoms with Crippen molar-refractivity contribution in [3.05, 3.63) is 28.1 Å². The Labute approximate surface area is 107 Å². The van der Waals surface area contributed by atoms with E-state index in [9.17, 15) is 4.39 Å². The molecule has 18 heavy (non-hydrogen) atoms. The standard InChI is InChI=1S/C10H12FN5OS/c1-6-8(18-5-14-6)2-3-17-9-7(11)4-13-10(15-9)16-12/h4-5H,2-3,12H2,1H3,(H,13,15,16). The molecule has 2 aromatic heterocycles. The van der Waals surface area contributed by atoms with Crippen molar-refractivity contribution in [3.8, 4) is 5.88 Å². The van der Waals surface area contributed by atoms with Crippen LogP contribution in [0.1, 0.15) is 10.6 Å². The highest BCUT2D eigenvalue weighted by Crippen LogP contribution is 2.16. The third-order valence-corrected chi connectivity index (χ3v) is 3.25. The van der Waals surface area contributed by atoms with Gasteiger partial charge in [0, 0.05) is 11.3 Å². The fourth-order valence-electron chi connectivity index (χ4n) is 1.33. The van der Waals surface area contributed by atoms with Crippen molar-refractivity contribution in [2.45, 2.75) is 13.3 Å². The van der Waals surface area contributed by atoms with E-state index in [-0.39, 0.29) is 11.8 Å². The van der Waals surface area contributed by atoms with Gasteiger partial charge in [0.1, 0.15) is 0 Å². The van der Waals surface area contributed by atoms with Gasteiger partial charge in [-0.25, -0.2) is 15.8 Å². The topological polar surface area (TPSA) is 86.0 Å². The van der Waals surface area contributed by atoms with Gasteiger partial charge in [0.15, 0.2) is 0 Å². The van der Waals surface area contributed by atoms with Gasteiger partial charge < -0.3 is 4.74 Å². The first-order valence-corrected chi connectivity index (χ1v) is 6.09. The van der Waals surface area contributed by atoms with E-state index in [2.05, 4.69) is 20.4 Å². The van der Waals surface area contributed by atoms with Gasteiger partial charge in [-0.3, -0.25) is 5.43 Å². The van der Waals surface area contributed by atoms with Gasteiger partial charge in [-0.15, -0.1) is 11.3 Å². The van der Waals surface area contributed by atoms with E-state index in [0.29, 0.717) is 13.0 Å². The smallest absolute Gasteiger partial charge is 0.255 e. The van der Waals surface area contributed by atoms with E-state index in [1.54, 1.807) is 16.8 Å². The number of nitrogens with one attached hydrogen (secondary N) is 1. The highest BCUT2D eigenvalue weighted by molar-refractivity contribution is 7.09. The summed E-state index contributed by atoms with van der Waals surface area (Å²) < 4.78 is 18.6. The summed E-state index contributed by atoms with van der Waals surface area (Å²) in [5, 5.41) is 0. The average molecular weight is 269 g/mol. The first kappa shape index (κ1) is 12.7. The molecule has 0 aliphatic heterocycles. The summed E-state index contributed by atoms with van der Waals surface area (Å²) in [6.07, 6.45) is 1.67. The van der Waals surface area contributed by atoms with Crippen molar-refractivity contribution < 1.29 is 9.13 Å². The zero-order valence-corrected chi connectivity index (χ0v) is 10.5. The number of aromatic nitrogens is 3. The molecule has 0 atom stereocenters. The van der Waals surface area contributed by atoms with E-state index in [0.717, 1.165) is 16.8 Å². The third-order valence-electron chi connectivity index (χ3n) is 2.25. The largest absolute Gasteiger partial charge is 0.475 e. The molecular weight excluding hydrogens is 257 g/mol. The number of nitrogen functional groups attached to an aromatic ring is 1. The third kappa shape index (κ3) is 2.90. The van der Waals surface area contributed by atoms with E-state index in [1.807, 2.05) is 6.92 Å². The summed E-state index contributed by atoms with van der Waals surface area (Å²) >= 11 is 1.55. The predicted molar refractivity (Wildman–Crippen MR) is 65.9 cm³/mol. The molecule has 0 aromatic carbocycles. The van der Waals surface area contributed by atoms with Crippen molar-refractivity contribution in [1.29, 1.82) is 0 Å². The second-order valence-corrected chi connectivity index (χ2v) is 4.39. The molecule has 0 amide bonds. The molecule has 0 aliphatic rings. The predicted octanol–water partition coefficient (Wildman–Crippen LogP) is 1.29. The summed E-state index contributed by atoms with van der Waals surface area (Å²) in [4.78, 5) is 12.6. The molecule has 8 heteroatoms. The number of aryl methyl sites for hydroxylation is 1. The van der Waals surface area contributed by atoms with Crippen LogP contribution in [0.3, 0.4) is 0 Å². The first-order chi connectivity index (χ1) is 8.70. The van der Waals surface area contributed by atoms with Gasteiger partial charge >= 0.3 is 0 Å². The van der Waals surface area contributed by atoms with Crippen LogP contribution in [-0.4, -0.2) is 21.6 Å². The van der Waals surface area contributed by atoms with Gasteiger partial charge in [0.05, 0.1) is 24.0 Å². The lowest BCUT2D eigenvalue weighted by atomic mass is 10.3. The monoisotopic (exact) mass is 269 g/mol. The van der Waals surface area contributed by atoms with Gasteiger partial charge in [-0.05, 0) is 6.92 Å². The van der Waals surface area contributed by atoms with Crippen LogP contribution in [0.15, 0.2) is 11.7 Å². The fourth-order valence-corrected chi connectivity index (χ4v) is 2.09. The average Bonchev–Trinajstić information content (AvgIpc) is 2.77. The summed E-state index contributed by atoms with van der Waals surface area (Å²) in [5.41, 5.74) is 4.97. The van der Waals surface area contributed by atoms with Gasteiger partial charge in [0.25, 0.3) is 5.88 Å². The van der Waals surface area contributed by atoms with Crippen LogP contribution in [0.25, 0.3) is 0 Å². The van der Waals surface area contributed by atoms with E-state index >= 15 is 0 Å². The lowest BCUT2D eigenvalue weighted by Gasteiger charge is -2.06. The van der Waals surface area contributed by atoms with Crippen molar-refractivity contribution in [3.63, 3.8) is 0 Å². The molecule has 6 nitrogen and oxygen atoms in total. The van der Waals surface area contributed by atoms with Crippen LogP contribution in [0.4, 0.5) is 10.3 Å². The van der Waals surface area contributed by atoms with E-state index in [4.69, 9.17) is 10.6 Å². The summed E-state index contributed by atoms with van der Waals surface area (Å²) in [7, 11) is 0. The Balaban J connectivity index is 1.96. The van der Waals surface area contributed by atoms with Crippen LogP contribution >= 0.6 is 11.3 Å². The lowest BCUT2D eigenvalue weighted by molar-refractivity contribution is 0.292. The number of hydrogen-bond acceptors (Lipinski definition) is 7. The second kappa shape index (κ2) is 5.69. The van der Waals surface area contributed by atoms with Crippen LogP contribution in [0.2, 0.25) is 0 Å². The minimum Gasteiger partial charge on any atom is -0.475 e. The van der Waals surface area contributed by atoms with Crippen LogP contribution in [0.5, 0.6) is 5.88 Å². The van der Waals surface area contributed by atoms with Crippen molar-refractivity contribution in [2.75, 3.05) is 12.0 Å². The highest BCUT2D eigenvalue weighted by atomic mass is 32.1. The Morgan fingerprint density at radius 3 is 3.00 bits per heavy atom. The summed E-state index contributed by atoms with van der Waals surface area (Å²) in [6, 6.07) is 0. The van der Waals surface area contributed by atoms with E-state index in [1.165, 1.54) is 0 Å². The zero-order chi connectivity index (χ0) is 13.0. The summed E-state index contributed by atoms with van der Waals surface area (Å²) in [5.74, 6) is 4.52. The molecule has 0 spiro atoms. The first-order valence-electron chi connectivity index (χ1n) is 5.21. The van der Waals surface area contributed by atoms with Gasteiger partial charge in [-0.2, -0.15) is 9.37 Å². The van der Waals surface area contributed by atoms with Gasteiger partial charge in [0.2, 0.25) is 11.8 Å². The number of halogens is 1. The SMILES string of the molecule is Cc1ncsc1CCOc1nc(NN)ncc1F. The van der Waals surface area contributed by atoms with Crippen LogP contribution in [-0.2, 0) is 6.42 Å². The van der Waals surface area contributed by atoms with Crippen molar-refractivity contribution in [2.24, 2.45) is 5.84 Å². The van der Waals surface area contributed by atoms with Crippen LogP contribution in [0, 0.1) is 12.7 Å². The zero-order valence-electron chi connectivity index (χ0n) is 9.68. The molecule has 0 bridgehead atoms. The Hall–Kier alpha value is -1.80. The lowest BCUT2D eigenvalue weighted by Crippen LogP contribution is -2.12. The molecular formula is C10H12FN5OS. The number of hydrogen-bond donors (Lipinski definition) is 2. The molecule has 96 valence electrons. The minimum absolute atomic E-state index is 0.111. The maximum Gasteiger partial charge on any atom is 0.255 e. The molecule has 3 N–H and O–H groups in total. The molecule has 0 radical (unpaired) electrons. The Morgan fingerprint density at radius 1 is 1.50 bits per heavy atom. The second-order valence-electron chi connectivity index (χ2n) is 3.45. The number of anilines is 1. The number of rotatable bonds is 5.